The van der Waals surface area contributed by atoms with Gasteiger partial charge in [0, 0.05) is 19.3 Å². The Balaban J connectivity index is 1.94. The molecule has 2 amide bonds. The van der Waals surface area contributed by atoms with Crippen molar-refractivity contribution in [1.82, 2.24) is 15.2 Å². The number of amides is 2. The van der Waals surface area contributed by atoms with Crippen LogP contribution in [0.4, 0.5) is 0 Å². The van der Waals surface area contributed by atoms with Crippen molar-refractivity contribution in [2.45, 2.75) is 33.2 Å². The Morgan fingerprint density at radius 1 is 1.30 bits per heavy atom. The van der Waals surface area contributed by atoms with Gasteiger partial charge >= 0.3 is 0 Å². The normalized spacial score (nSPS) is 15.2. The van der Waals surface area contributed by atoms with E-state index in [1.54, 1.807) is 24.9 Å². The van der Waals surface area contributed by atoms with Gasteiger partial charge in [0.2, 0.25) is 11.8 Å². The number of nitrogens with one attached hydrogen (secondary N) is 1. The molecule has 0 spiro atoms. The van der Waals surface area contributed by atoms with Crippen LogP contribution < -0.4 is 5.32 Å². The summed E-state index contributed by atoms with van der Waals surface area (Å²) >= 11 is 0. The Hall–Kier alpha value is -1.91. The molecule has 1 aromatic rings. The van der Waals surface area contributed by atoms with Crippen molar-refractivity contribution in [1.29, 1.82) is 0 Å². The smallest absolute Gasteiger partial charge is 0.237 e. The first-order chi connectivity index (χ1) is 9.51. The molecule has 0 atom stereocenters. The number of hydrogen-bond acceptors (Lipinski definition) is 3. The van der Waals surface area contributed by atoms with E-state index in [0.717, 1.165) is 31.6 Å². The predicted molar refractivity (Wildman–Crippen MR) is 75.7 cm³/mol. The largest absolute Gasteiger partial charge is 0.350 e. The molecule has 0 bridgehead atoms. The van der Waals surface area contributed by atoms with E-state index in [9.17, 15) is 9.59 Å². The number of pyridine rings is 1. The van der Waals surface area contributed by atoms with Gasteiger partial charge in [0.15, 0.2) is 0 Å². The van der Waals surface area contributed by atoms with E-state index in [1.165, 1.54) is 0 Å². The van der Waals surface area contributed by atoms with Crippen LogP contribution >= 0.6 is 0 Å². The zero-order chi connectivity index (χ0) is 14.6. The molecule has 5 heteroatoms. The van der Waals surface area contributed by atoms with E-state index in [2.05, 4.69) is 10.3 Å². The van der Waals surface area contributed by atoms with E-state index in [0.29, 0.717) is 6.54 Å². The van der Waals surface area contributed by atoms with E-state index in [4.69, 9.17) is 0 Å². The molecule has 108 valence electrons. The van der Waals surface area contributed by atoms with Gasteiger partial charge < -0.3 is 10.2 Å². The molecule has 1 saturated heterocycles. The summed E-state index contributed by atoms with van der Waals surface area (Å²) in [5, 5.41) is 2.79. The number of hydrogen-bond donors (Lipinski definition) is 1. The van der Waals surface area contributed by atoms with E-state index in [-0.39, 0.29) is 11.8 Å². The molecule has 5 nitrogen and oxygen atoms in total. The summed E-state index contributed by atoms with van der Waals surface area (Å²) in [7, 11) is 0. The molecule has 0 radical (unpaired) electrons. The highest BCUT2D eigenvalue weighted by Gasteiger charge is 2.39. The summed E-state index contributed by atoms with van der Waals surface area (Å²) in [5.41, 5.74) is -0.246. The summed E-state index contributed by atoms with van der Waals surface area (Å²) < 4.78 is 0. The fourth-order valence-corrected chi connectivity index (χ4v) is 2.31. The Bertz CT molecular complexity index is 479. The molecule has 1 aliphatic rings. The first-order valence-electron chi connectivity index (χ1n) is 6.99. The van der Waals surface area contributed by atoms with Crippen LogP contribution in [0.5, 0.6) is 0 Å². The lowest BCUT2D eigenvalue weighted by Crippen LogP contribution is -2.48. The van der Waals surface area contributed by atoms with Gasteiger partial charge in [-0.1, -0.05) is 6.07 Å². The summed E-state index contributed by atoms with van der Waals surface area (Å²) in [4.78, 5) is 30.5. The van der Waals surface area contributed by atoms with Crippen molar-refractivity contribution in [3.05, 3.63) is 30.1 Å². The lowest BCUT2D eigenvalue weighted by molar-refractivity contribution is -0.147. The van der Waals surface area contributed by atoms with Crippen LogP contribution in [0.1, 0.15) is 32.4 Å². The molecular weight excluding hydrogens is 254 g/mol. The molecule has 1 aromatic heterocycles. The van der Waals surface area contributed by atoms with Crippen LogP contribution in [-0.2, 0) is 16.1 Å². The standard InChI is InChI=1S/C15H21N3O2/c1-15(2,14(20)18-9-5-6-10-18)13(19)17-11-12-7-3-4-8-16-12/h3-4,7-8H,5-6,9-11H2,1-2H3,(H,17,19). The van der Waals surface area contributed by atoms with Gasteiger partial charge in [-0.2, -0.15) is 0 Å². The molecule has 0 unspecified atom stereocenters. The van der Waals surface area contributed by atoms with Crippen LogP contribution in [0, 0.1) is 5.41 Å². The van der Waals surface area contributed by atoms with Crippen LogP contribution in [0.25, 0.3) is 0 Å². The maximum absolute atomic E-state index is 12.4. The Labute approximate surface area is 119 Å². The van der Waals surface area contributed by atoms with Gasteiger partial charge in [-0.15, -0.1) is 0 Å². The highest BCUT2D eigenvalue weighted by atomic mass is 16.2. The van der Waals surface area contributed by atoms with Gasteiger partial charge in [0.25, 0.3) is 0 Å². The highest BCUT2D eigenvalue weighted by molar-refractivity contribution is 6.04. The Morgan fingerprint density at radius 3 is 2.60 bits per heavy atom. The second-order valence-electron chi connectivity index (χ2n) is 5.63. The lowest BCUT2D eigenvalue weighted by Gasteiger charge is -2.27. The monoisotopic (exact) mass is 275 g/mol. The SMILES string of the molecule is CC(C)(C(=O)NCc1ccccn1)C(=O)N1CCCC1. The van der Waals surface area contributed by atoms with Gasteiger partial charge in [-0.25, -0.2) is 0 Å². The molecule has 20 heavy (non-hydrogen) atoms. The summed E-state index contributed by atoms with van der Waals surface area (Å²) in [5.74, 6) is -0.339. The number of aromatic nitrogens is 1. The number of carbonyl (C=O) groups is 2. The minimum Gasteiger partial charge on any atom is -0.350 e. The number of nitrogens with zero attached hydrogens (tertiary/aromatic N) is 2. The number of likely N-dealkylation sites (tertiary alicyclic amines) is 1. The van der Waals surface area contributed by atoms with Crippen LogP contribution in [0.2, 0.25) is 0 Å². The predicted octanol–water partition coefficient (Wildman–Crippen LogP) is 1.35. The lowest BCUT2D eigenvalue weighted by atomic mass is 9.90. The first-order valence-corrected chi connectivity index (χ1v) is 6.99. The van der Waals surface area contributed by atoms with Crippen molar-refractivity contribution in [3.63, 3.8) is 0 Å². The van der Waals surface area contributed by atoms with E-state index >= 15 is 0 Å². The molecule has 0 aliphatic carbocycles. The quantitative estimate of drug-likeness (QED) is 0.844. The molecular formula is C15H21N3O2. The Kier molecular flexibility index (Phi) is 4.37. The first kappa shape index (κ1) is 14.5. The fraction of sp³-hybridized carbons (Fsp3) is 0.533. The molecule has 2 heterocycles. The summed E-state index contributed by atoms with van der Waals surface area (Å²) in [6.07, 6.45) is 3.73. The maximum Gasteiger partial charge on any atom is 0.237 e. The fourth-order valence-electron chi connectivity index (χ4n) is 2.31. The third-order valence-corrected chi connectivity index (χ3v) is 3.65. The van der Waals surface area contributed by atoms with Gasteiger partial charge in [0.05, 0.1) is 12.2 Å². The van der Waals surface area contributed by atoms with Crippen LogP contribution in [0.3, 0.4) is 0 Å². The van der Waals surface area contributed by atoms with E-state index in [1.807, 2.05) is 18.2 Å². The van der Waals surface area contributed by atoms with Crippen LogP contribution in [0.15, 0.2) is 24.4 Å². The number of rotatable bonds is 4. The second-order valence-corrected chi connectivity index (χ2v) is 5.63. The summed E-state index contributed by atoms with van der Waals surface area (Å²) in [6, 6.07) is 5.54. The van der Waals surface area contributed by atoms with Gasteiger partial charge in [0.1, 0.15) is 5.41 Å². The molecule has 2 rings (SSSR count). The summed E-state index contributed by atoms with van der Waals surface area (Å²) in [6.45, 7) is 5.23. The topological polar surface area (TPSA) is 62.3 Å². The zero-order valence-corrected chi connectivity index (χ0v) is 12.1. The van der Waals surface area contributed by atoms with E-state index < -0.39 is 5.41 Å². The van der Waals surface area contributed by atoms with Crippen molar-refractivity contribution >= 4 is 11.8 Å². The average Bonchev–Trinajstić information content (AvgIpc) is 2.99. The second kappa shape index (κ2) is 6.03. The third kappa shape index (κ3) is 3.15. The molecule has 1 N–H and O–H groups in total. The molecule has 1 aliphatic heterocycles. The van der Waals surface area contributed by atoms with Crippen molar-refractivity contribution in [3.8, 4) is 0 Å². The van der Waals surface area contributed by atoms with Crippen LogP contribution in [-0.4, -0.2) is 34.8 Å². The maximum atomic E-state index is 12.4. The minimum atomic E-state index is -1.03. The molecule has 0 saturated carbocycles. The average molecular weight is 275 g/mol. The van der Waals surface area contributed by atoms with Crippen molar-refractivity contribution in [2.75, 3.05) is 13.1 Å². The minimum absolute atomic E-state index is 0.0893. The Morgan fingerprint density at radius 2 is 2.00 bits per heavy atom. The van der Waals surface area contributed by atoms with Gasteiger partial charge in [-0.3, -0.25) is 14.6 Å². The molecule has 0 aromatic carbocycles. The third-order valence-electron chi connectivity index (χ3n) is 3.65. The molecule has 1 fully saturated rings. The van der Waals surface area contributed by atoms with Gasteiger partial charge in [-0.05, 0) is 38.8 Å². The highest BCUT2D eigenvalue weighted by Crippen LogP contribution is 2.22. The van der Waals surface area contributed by atoms with Crippen molar-refractivity contribution < 1.29 is 9.59 Å². The van der Waals surface area contributed by atoms with Crippen molar-refractivity contribution in [2.24, 2.45) is 5.41 Å². The number of carbonyl (C=O) groups excluding carboxylic acids is 2. The zero-order valence-electron chi connectivity index (χ0n) is 12.1.